The number of anilines is 1. The van der Waals surface area contributed by atoms with Crippen molar-refractivity contribution in [3.63, 3.8) is 0 Å². The van der Waals surface area contributed by atoms with Crippen LogP contribution in [0.4, 0.5) is 5.69 Å². The molecule has 0 radical (unpaired) electrons. The molecule has 1 aromatic rings. The molecule has 0 saturated heterocycles. The number of likely N-dealkylation sites (N-methyl/N-ethyl adjacent to an activating group) is 1. The molecule has 0 N–H and O–H groups in total. The van der Waals surface area contributed by atoms with Gasteiger partial charge in [0, 0.05) is 18.7 Å². The normalized spacial score (nSPS) is 42.7. The Morgan fingerprint density at radius 2 is 1.73 bits per heavy atom. The van der Waals surface area contributed by atoms with E-state index in [1.165, 1.54) is 51.4 Å². The Labute approximate surface area is 183 Å². The van der Waals surface area contributed by atoms with Crippen LogP contribution in [-0.4, -0.2) is 19.4 Å². The number of para-hydroxylation sites is 1. The molecule has 0 aliphatic heterocycles. The van der Waals surface area contributed by atoms with Crippen molar-refractivity contribution >= 4 is 11.5 Å². The van der Waals surface area contributed by atoms with Crippen LogP contribution in [0.15, 0.2) is 30.3 Å². The summed E-state index contributed by atoms with van der Waals surface area (Å²) in [4.78, 5) is 15.6. The SMILES string of the molecule is CC1CCC2C(CCC3C2CC[C@@]2(C)C3CC[C@@H]2C(=O)CN(C)c2ccccc2)C1. The second-order valence-corrected chi connectivity index (χ2v) is 11.7. The van der Waals surface area contributed by atoms with E-state index < -0.39 is 0 Å². The van der Waals surface area contributed by atoms with Gasteiger partial charge in [0.2, 0.25) is 0 Å². The van der Waals surface area contributed by atoms with Crippen LogP contribution in [-0.2, 0) is 4.79 Å². The molecule has 4 fully saturated rings. The lowest BCUT2D eigenvalue weighted by Crippen LogP contribution is -2.50. The maximum atomic E-state index is 13.5. The summed E-state index contributed by atoms with van der Waals surface area (Å²) in [6, 6.07) is 10.4. The highest BCUT2D eigenvalue weighted by molar-refractivity contribution is 5.86. The highest BCUT2D eigenvalue weighted by atomic mass is 16.1. The van der Waals surface area contributed by atoms with Gasteiger partial charge in [-0.2, -0.15) is 0 Å². The number of Topliss-reactive ketones (excluding diaryl/α,β-unsaturated/α-hetero) is 1. The van der Waals surface area contributed by atoms with Gasteiger partial charge in [0.05, 0.1) is 6.54 Å². The van der Waals surface area contributed by atoms with E-state index >= 15 is 0 Å². The summed E-state index contributed by atoms with van der Waals surface area (Å²) in [5.41, 5.74) is 1.41. The summed E-state index contributed by atoms with van der Waals surface area (Å²) in [5.74, 6) is 6.40. The van der Waals surface area contributed by atoms with Gasteiger partial charge in [-0.05, 0) is 104 Å². The van der Waals surface area contributed by atoms with Crippen molar-refractivity contribution < 1.29 is 4.79 Å². The van der Waals surface area contributed by atoms with E-state index in [2.05, 4.69) is 50.1 Å². The quantitative estimate of drug-likeness (QED) is 0.560. The third-order valence-electron chi connectivity index (χ3n) is 10.2. The largest absolute Gasteiger partial charge is 0.367 e. The summed E-state index contributed by atoms with van der Waals surface area (Å²) in [7, 11) is 2.07. The maximum absolute atomic E-state index is 13.5. The van der Waals surface area contributed by atoms with E-state index in [1.807, 2.05) is 6.07 Å². The van der Waals surface area contributed by atoms with Crippen molar-refractivity contribution in [2.24, 2.45) is 46.8 Å². The molecule has 8 atom stereocenters. The third kappa shape index (κ3) is 3.43. The Morgan fingerprint density at radius 3 is 2.53 bits per heavy atom. The number of hydrogen-bond donors (Lipinski definition) is 0. The van der Waals surface area contributed by atoms with Crippen molar-refractivity contribution in [3.05, 3.63) is 30.3 Å². The number of fused-ring (bicyclic) bond motifs is 5. The van der Waals surface area contributed by atoms with Crippen molar-refractivity contribution in [1.82, 2.24) is 0 Å². The third-order valence-corrected chi connectivity index (χ3v) is 10.2. The summed E-state index contributed by atoms with van der Waals surface area (Å²) in [6.07, 6.45) is 12.5. The Hall–Kier alpha value is -1.31. The number of hydrogen-bond acceptors (Lipinski definition) is 2. The van der Waals surface area contributed by atoms with E-state index in [0.29, 0.717) is 12.3 Å². The van der Waals surface area contributed by atoms with E-state index in [9.17, 15) is 4.79 Å². The number of rotatable bonds is 4. The van der Waals surface area contributed by atoms with Gasteiger partial charge in [0.25, 0.3) is 0 Å². The van der Waals surface area contributed by atoms with Crippen LogP contribution in [0.25, 0.3) is 0 Å². The Kier molecular flexibility index (Phi) is 5.48. The van der Waals surface area contributed by atoms with Crippen LogP contribution in [0, 0.1) is 46.8 Å². The minimum Gasteiger partial charge on any atom is -0.367 e. The van der Waals surface area contributed by atoms with Gasteiger partial charge in [0.1, 0.15) is 0 Å². The molecule has 0 aromatic heterocycles. The Morgan fingerprint density at radius 1 is 0.967 bits per heavy atom. The van der Waals surface area contributed by atoms with Gasteiger partial charge in [-0.15, -0.1) is 0 Å². The lowest BCUT2D eigenvalue weighted by molar-refractivity contribution is -0.129. The number of ketones is 1. The van der Waals surface area contributed by atoms with E-state index in [0.717, 1.165) is 47.6 Å². The molecule has 4 saturated carbocycles. The molecule has 4 aliphatic carbocycles. The molecule has 1 aromatic carbocycles. The highest BCUT2D eigenvalue weighted by Crippen LogP contribution is 2.64. The van der Waals surface area contributed by atoms with Crippen LogP contribution >= 0.6 is 0 Å². The van der Waals surface area contributed by atoms with Crippen LogP contribution in [0.2, 0.25) is 0 Å². The molecule has 4 aliphatic rings. The topological polar surface area (TPSA) is 20.3 Å². The predicted molar refractivity (Wildman–Crippen MR) is 124 cm³/mol. The van der Waals surface area contributed by atoms with Gasteiger partial charge >= 0.3 is 0 Å². The van der Waals surface area contributed by atoms with Gasteiger partial charge in [-0.1, -0.05) is 38.5 Å². The Bertz CT molecular complexity index is 759. The first-order chi connectivity index (χ1) is 14.5. The summed E-state index contributed by atoms with van der Waals surface area (Å²) >= 11 is 0. The molecule has 0 bridgehead atoms. The summed E-state index contributed by atoms with van der Waals surface area (Å²) < 4.78 is 0. The van der Waals surface area contributed by atoms with Gasteiger partial charge < -0.3 is 4.90 Å². The van der Waals surface area contributed by atoms with E-state index in [4.69, 9.17) is 0 Å². The minimum absolute atomic E-state index is 0.255. The van der Waals surface area contributed by atoms with Gasteiger partial charge in [-0.25, -0.2) is 0 Å². The smallest absolute Gasteiger partial charge is 0.155 e. The first-order valence-corrected chi connectivity index (χ1v) is 12.8. The Balaban J connectivity index is 1.29. The van der Waals surface area contributed by atoms with Gasteiger partial charge in [-0.3, -0.25) is 4.79 Å². The average Bonchev–Trinajstić information content (AvgIpc) is 3.11. The molecule has 30 heavy (non-hydrogen) atoms. The maximum Gasteiger partial charge on any atom is 0.155 e. The molecule has 0 heterocycles. The molecular formula is C28H41NO. The summed E-state index contributed by atoms with van der Waals surface area (Å²) in [6.45, 7) is 5.54. The van der Waals surface area contributed by atoms with Crippen molar-refractivity contribution in [2.45, 2.75) is 71.6 Å². The number of benzene rings is 1. The highest BCUT2D eigenvalue weighted by Gasteiger charge is 2.58. The van der Waals surface area contributed by atoms with Crippen LogP contribution < -0.4 is 4.90 Å². The van der Waals surface area contributed by atoms with Gasteiger partial charge in [0.15, 0.2) is 5.78 Å². The zero-order valence-corrected chi connectivity index (χ0v) is 19.4. The van der Waals surface area contributed by atoms with E-state index in [-0.39, 0.29) is 11.3 Å². The van der Waals surface area contributed by atoms with Crippen molar-refractivity contribution in [3.8, 4) is 0 Å². The molecule has 6 unspecified atom stereocenters. The zero-order chi connectivity index (χ0) is 20.9. The second kappa shape index (κ2) is 7.99. The number of nitrogens with zero attached hydrogens (tertiary/aromatic N) is 1. The van der Waals surface area contributed by atoms with Crippen molar-refractivity contribution in [1.29, 1.82) is 0 Å². The van der Waals surface area contributed by atoms with Crippen LogP contribution in [0.1, 0.15) is 71.6 Å². The molecule has 2 nitrogen and oxygen atoms in total. The first kappa shape index (κ1) is 20.6. The monoisotopic (exact) mass is 407 g/mol. The molecule has 164 valence electrons. The minimum atomic E-state index is 0.255. The fourth-order valence-corrected chi connectivity index (χ4v) is 8.73. The van der Waals surface area contributed by atoms with Crippen LogP contribution in [0.3, 0.4) is 0 Å². The lowest BCUT2D eigenvalue weighted by Gasteiger charge is -2.56. The summed E-state index contributed by atoms with van der Waals surface area (Å²) in [5, 5.41) is 0. The first-order valence-electron chi connectivity index (χ1n) is 12.8. The number of carbonyl (C=O) groups excluding carboxylic acids is 1. The fraction of sp³-hybridized carbons (Fsp3) is 0.750. The number of carbonyl (C=O) groups is 1. The fourth-order valence-electron chi connectivity index (χ4n) is 8.73. The molecule has 2 heteroatoms. The predicted octanol–water partition coefficient (Wildman–Crippen LogP) is 6.60. The molecule has 0 spiro atoms. The van der Waals surface area contributed by atoms with Crippen LogP contribution in [0.5, 0.6) is 0 Å². The lowest BCUT2D eigenvalue weighted by atomic mass is 9.49. The van der Waals surface area contributed by atoms with Crippen molar-refractivity contribution in [2.75, 3.05) is 18.5 Å². The molecule has 0 amide bonds. The zero-order valence-electron chi connectivity index (χ0n) is 19.4. The molecule has 5 rings (SSSR count). The second-order valence-electron chi connectivity index (χ2n) is 11.7. The average molecular weight is 408 g/mol. The van der Waals surface area contributed by atoms with E-state index in [1.54, 1.807) is 0 Å². The molecular weight excluding hydrogens is 366 g/mol. The standard InChI is InChI=1S/C28H41NO/c1-19-9-11-22-20(17-19)10-12-24-23(22)15-16-28(2)25(24)13-14-26(28)27(30)18-29(3)21-7-5-4-6-8-21/h4-8,19-20,22-26H,9-18H2,1-3H3/t19?,20?,22?,23?,24?,25?,26-,28+/m1/s1.